The molecule has 2 unspecified atom stereocenters. The number of hydrogen-bond donors (Lipinski definition) is 3. The molecule has 3 aliphatic rings. The number of imidazole rings is 2. The Balaban J connectivity index is 1.11. The Labute approximate surface area is 345 Å². The average molecular weight is 906 g/mol. The SMILES string of the molecule is CC(C)C(=O)Nc1nc2c(ncn2[C@@H]2O[C@@H]3COP([O-])(=S)O[C@@H]4[C@H](N=[N+]=[N-])[C@@H](COP([O-])(=S)O[C@@H]2[C@@H]3F)O[C@H]4n2cnc3c(NC(=O)c4ccccc4)ncnc32)c(=O)[nH]1. The minimum atomic E-state index is -4.73. The first kappa shape index (κ1) is 42.0. The number of alkyl halides is 1. The lowest BCUT2D eigenvalue weighted by Crippen LogP contribution is -2.37. The molecule has 29 heteroatoms. The standard InChI is InChI=1S/C31H32FN13O11P2S2/c1-13(2)26(46)40-31-39-25-20(28(48)41-31)37-12-45(25)29-21-17(32)15(53-29)8-51-58(50,60)56-22-18(42-43-33)16(9-52-57(49,59)55-21)54-30(22)44-11-36-19-23(34-10-35-24(19)44)38-27(47)14-6-4-3-5-7-14/h3-7,10-13,15-18,21-22,29-30H,8-9H2,1-2H3,(H,49,59)(H,50,60)(H,34,35,38,47)(H2,39,40,41,46,48)/p-2/t15-,16-,17-,18-,21-,22-,29-,30-,57?,58?/m1/s1. The van der Waals surface area contributed by atoms with Gasteiger partial charge >= 0.3 is 0 Å². The lowest BCUT2D eigenvalue weighted by Gasteiger charge is -2.35. The molecule has 0 aliphatic carbocycles. The van der Waals surface area contributed by atoms with Crippen LogP contribution in [0.2, 0.25) is 0 Å². The minimum Gasteiger partial charge on any atom is -0.780 e. The Morgan fingerprint density at radius 1 is 0.950 bits per heavy atom. The topological polar surface area (TPSA) is 316 Å². The van der Waals surface area contributed by atoms with Crippen LogP contribution in [0.15, 0.2) is 59.2 Å². The average Bonchev–Trinajstić information content (AvgIpc) is 3.98. The molecule has 7 heterocycles. The first-order chi connectivity index (χ1) is 28.6. The molecule has 10 atom stereocenters. The third-order valence-electron chi connectivity index (χ3n) is 9.43. The van der Waals surface area contributed by atoms with Gasteiger partial charge in [0.1, 0.15) is 38.1 Å². The van der Waals surface area contributed by atoms with Crippen LogP contribution in [0.3, 0.4) is 0 Å². The largest absolute Gasteiger partial charge is 0.780 e. The molecule has 316 valence electrons. The van der Waals surface area contributed by atoms with Crippen LogP contribution in [0, 0.1) is 5.92 Å². The Hall–Kier alpha value is -4.72. The molecule has 4 bridgehead atoms. The van der Waals surface area contributed by atoms with E-state index in [1.165, 1.54) is 10.9 Å². The number of amides is 2. The van der Waals surface area contributed by atoms with Crippen LogP contribution < -0.4 is 26.0 Å². The number of hydrogen-bond acceptors (Lipinski definition) is 19. The van der Waals surface area contributed by atoms with Gasteiger partial charge in [-0.3, -0.25) is 33.8 Å². The Morgan fingerprint density at radius 3 is 2.28 bits per heavy atom. The van der Waals surface area contributed by atoms with Crippen molar-refractivity contribution in [1.82, 2.24) is 39.0 Å². The summed E-state index contributed by atoms with van der Waals surface area (Å²) in [7, 11) is 0. The molecular weight excluding hydrogens is 876 g/mol. The lowest BCUT2D eigenvalue weighted by molar-refractivity contribution is -0.217. The van der Waals surface area contributed by atoms with Crippen LogP contribution in [0.1, 0.15) is 36.7 Å². The second-order valence-electron chi connectivity index (χ2n) is 13.6. The number of anilines is 2. The van der Waals surface area contributed by atoms with Crippen molar-refractivity contribution >= 4 is 83.0 Å². The molecule has 8 rings (SSSR count). The van der Waals surface area contributed by atoms with E-state index >= 15 is 4.39 Å². The third-order valence-corrected chi connectivity index (χ3v) is 12.5. The van der Waals surface area contributed by atoms with E-state index in [2.05, 4.69) is 50.6 Å². The Bertz CT molecular complexity index is 2690. The highest BCUT2D eigenvalue weighted by molar-refractivity contribution is 8.06. The smallest absolute Gasteiger partial charge is 0.280 e. The van der Waals surface area contributed by atoms with Crippen molar-refractivity contribution in [2.75, 3.05) is 23.8 Å². The van der Waals surface area contributed by atoms with Gasteiger partial charge in [-0.25, -0.2) is 24.3 Å². The zero-order chi connectivity index (χ0) is 42.5. The molecule has 60 heavy (non-hydrogen) atoms. The summed E-state index contributed by atoms with van der Waals surface area (Å²) >= 11 is 10.4. The summed E-state index contributed by atoms with van der Waals surface area (Å²) in [6, 6.07) is 6.89. The lowest BCUT2D eigenvalue weighted by atomic mass is 10.1. The van der Waals surface area contributed by atoms with Gasteiger partial charge in [-0.1, -0.05) is 60.8 Å². The van der Waals surface area contributed by atoms with E-state index in [0.29, 0.717) is 5.56 Å². The number of azide groups is 1. The molecule has 1 aromatic carbocycles. The van der Waals surface area contributed by atoms with E-state index in [1.54, 1.807) is 44.2 Å². The molecule has 3 saturated heterocycles. The third kappa shape index (κ3) is 8.32. The van der Waals surface area contributed by atoms with Gasteiger partial charge in [0.25, 0.3) is 11.5 Å². The van der Waals surface area contributed by atoms with Gasteiger partial charge in [0, 0.05) is 16.4 Å². The quantitative estimate of drug-likeness (QED) is 0.0904. The summed E-state index contributed by atoms with van der Waals surface area (Å²) < 4.78 is 53.4. The second kappa shape index (κ2) is 16.6. The fourth-order valence-corrected chi connectivity index (χ4v) is 9.37. The molecule has 0 radical (unpaired) electrons. The maximum atomic E-state index is 16.4. The molecular formula is C31H30FN13O11P2S2-2. The number of carbonyl (C=O) groups is 2. The van der Waals surface area contributed by atoms with Crippen molar-refractivity contribution < 1.29 is 51.3 Å². The van der Waals surface area contributed by atoms with Crippen LogP contribution in [-0.4, -0.2) is 101 Å². The van der Waals surface area contributed by atoms with Crippen molar-refractivity contribution in [3.05, 3.63) is 75.7 Å². The molecule has 2 amide bonds. The van der Waals surface area contributed by atoms with E-state index in [0.717, 1.165) is 17.2 Å². The number of nitrogens with zero attached hydrogens (tertiary/aromatic N) is 10. The van der Waals surface area contributed by atoms with Crippen LogP contribution in [0.5, 0.6) is 0 Å². The Kier molecular flexibility index (Phi) is 11.6. The van der Waals surface area contributed by atoms with Crippen LogP contribution in [0.25, 0.3) is 32.8 Å². The molecule has 5 aromatic rings. The van der Waals surface area contributed by atoms with E-state index in [4.69, 9.17) is 51.2 Å². The molecule has 4 aromatic heterocycles. The predicted octanol–water partition coefficient (Wildman–Crippen LogP) is 1.60. The normalized spacial score (nSPS) is 30.8. The number of fused-ring (bicyclic) bond motifs is 6. The molecule has 3 N–H and O–H groups in total. The molecule has 0 spiro atoms. The van der Waals surface area contributed by atoms with Crippen LogP contribution >= 0.6 is 13.4 Å². The van der Waals surface area contributed by atoms with E-state index < -0.39 is 99.0 Å². The number of ether oxygens (including phenoxy) is 2. The highest BCUT2D eigenvalue weighted by atomic mass is 32.5. The number of halogens is 1. The first-order valence-corrected chi connectivity index (χ1v) is 22.8. The van der Waals surface area contributed by atoms with Gasteiger partial charge in [0.05, 0.1) is 38.0 Å². The Morgan fingerprint density at radius 2 is 1.58 bits per heavy atom. The predicted molar refractivity (Wildman–Crippen MR) is 207 cm³/mol. The van der Waals surface area contributed by atoms with Crippen molar-refractivity contribution in [2.45, 2.75) is 62.9 Å². The molecule has 0 saturated carbocycles. The summed E-state index contributed by atoms with van der Waals surface area (Å²) in [5.74, 6) is -1.68. The fourth-order valence-electron chi connectivity index (χ4n) is 6.58. The zero-order valence-corrected chi connectivity index (χ0v) is 34.2. The molecule has 3 aliphatic heterocycles. The molecule has 3 fully saturated rings. The van der Waals surface area contributed by atoms with E-state index in [1.807, 2.05) is 0 Å². The highest BCUT2D eigenvalue weighted by Crippen LogP contribution is 2.52. The fraction of sp³-hybridized carbons (Fsp3) is 0.419. The van der Waals surface area contributed by atoms with Gasteiger partial charge in [-0.15, -0.1) is 0 Å². The highest BCUT2D eigenvalue weighted by Gasteiger charge is 2.51. The van der Waals surface area contributed by atoms with Crippen LogP contribution in [0.4, 0.5) is 16.2 Å². The summed E-state index contributed by atoms with van der Waals surface area (Å²) in [6.07, 6.45) is -8.24. The van der Waals surface area contributed by atoms with Crippen molar-refractivity contribution in [2.24, 2.45) is 11.0 Å². The summed E-state index contributed by atoms with van der Waals surface area (Å²) in [6.45, 7) is -7.77. The summed E-state index contributed by atoms with van der Waals surface area (Å²) in [5, 5.41) is 8.91. The van der Waals surface area contributed by atoms with Gasteiger partial charge in [0.15, 0.2) is 46.8 Å². The second-order valence-corrected chi connectivity index (χ2v) is 19.1. The van der Waals surface area contributed by atoms with Crippen LogP contribution in [-0.2, 0) is 56.0 Å². The van der Waals surface area contributed by atoms with Gasteiger partial charge < -0.3 is 42.7 Å². The summed E-state index contributed by atoms with van der Waals surface area (Å²) in [5.41, 5.74) is 8.88. The van der Waals surface area contributed by atoms with Gasteiger partial charge in [0.2, 0.25) is 11.9 Å². The number of aromatic nitrogens is 8. The number of H-pyrrole nitrogens is 1. The van der Waals surface area contributed by atoms with Crippen molar-refractivity contribution in [3.63, 3.8) is 0 Å². The first-order valence-electron chi connectivity index (χ1n) is 17.7. The van der Waals surface area contributed by atoms with E-state index in [-0.39, 0.29) is 34.1 Å². The maximum absolute atomic E-state index is 16.4. The number of rotatable bonds is 7. The van der Waals surface area contributed by atoms with Crippen molar-refractivity contribution in [3.8, 4) is 0 Å². The molecule has 24 nitrogen and oxygen atoms in total. The number of nitrogens with one attached hydrogen (secondary N) is 3. The number of carbonyl (C=O) groups excluding carboxylic acids is 2. The maximum Gasteiger partial charge on any atom is 0.280 e. The number of aromatic amines is 1. The van der Waals surface area contributed by atoms with E-state index in [9.17, 15) is 29.7 Å². The van der Waals surface area contributed by atoms with Gasteiger partial charge in [-0.2, -0.15) is 4.98 Å². The monoisotopic (exact) mass is 905 g/mol. The summed E-state index contributed by atoms with van der Waals surface area (Å²) in [4.78, 5) is 92.3. The number of benzene rings is 1. The van der Waals surface area contributed by atoms with Gasteiger partial charge in [-0.05, 0) is 17.7 Å². The van der Waals surface area contributed by atoms with Crippen molar-refractivity contribution in [1.29, 1.82) is 0 Å². The zero-order valence-electron chi connectivity index (χ0n) is 30.8. The minimum absolute atomic E-state index is 0.0214.